The molecular weight excluding hydrogens is 300 g/mol. The lowest BCUT2D eigenvalue weighted by Crippen LogP contribution is -2.44. The van der Waals surface area contributed by atoms with Crippen molar-refractivity contribution in [3.63, 3.8) is 0 Å². The summed E-state index contributed by atoms with van der Waals surface area (Å²) in [6, 6.07) is 8.08. The zero-order valence-corrected chi connectivity index (χ0v) is 15.3. The number of guanidine groups is 1. The number of nitrogens with zero attached hydrogens (tertiary/aromatic N) is 2. The monoisotopic (exact) mass is 332 g/mol. The van der Waals surface area contributed by atoms with E-state index >= 15 is 0 Å². The minimum atomic E-state index is 0.651. The summed E-state index contributed by atoms with van der Waals surface area (Å²) in [4.78, 5) is 7.25. The Morgan fingerprint density at radius 2 is 2.21 bits per heavy atom. The number of rotatable bonds is 7. The van der Waals surface area contributed by atoms with E-state index in [9.17, 15) is 0 Å². The van der Waals surface area contributed by atoms with Crippen molar-refractivity contribution in [2.24, 2.45) is 10.9 Å². The smallest absolute Gasteiger partial charge is 0.191 e. The van der Waals surface area contributed by atoms with Crippen LogP contribution in [-0.2, 0) is 6.54 Å². The Balaban J connectivity index is 1.88. The van der Waals surface area contributed by atoms with E-state index in [1.54, 1.807) is 7.11 Å². The summed E-state index contributed by atoms with van der Waals surface area (Å²) in [7, 11) is 1.69. The number of hydrogen-bond acceptors (Lipinski definition) is 3. The van der Waals surface area contributed by atoms with Crippen LogP contribution in [0.3, 0.4) is 0 Å². The van der Waals surface area contributed by atoms with Crippen LogP contribution in [-0.4, -0.2) is 50.7 Å². The second-order valence-electron chi connectivity index (χ2n) is 6.33. The van der Waals surface area contributed by atoms with Crippen LogP contribution in [0, 0.1) is 5.92 Å². The molecule has 24 heavy (non-hydrogen) atoms. The van der Waals surface area contributed by atoms with E-state index in [0.717, 1.165) is 36.9 Å². The largest absolute Gasteiger partial charge is 0.497 e. The molecule has 0 aromatic heterocycles. The van der Waals surface area contributed by atoms with Crippen molar-refractivity contribution in [3.05, 3.63) is 29.8 Å². The highest BCUT2D eigenvalue weighted by molar-refractivity contribution is 5.79. The lowest BCUT2D eigenvalue weighted by Gasteiger charge is -2.32. The van der Waals surface area contributed by atoms with Gasteiger partial charge in [-0.05, 0) is 56.5 Å². The first-order valence-electron chi connectivity index (χ1n) is 9.12. The molecule has 0 bridgehead atoms. The molecule has 0 saturated carbocycles. The molecule has 1 aliphatic rings. The normalized spacial score (nSPS) is 19.1. The van der Waals surface area contributed by atoms with Crippen molar-refractivity contribution in [3.8, 4) is 5.75 Å². The van der Waals surface area contributed by atoms with Gasteiger partial charge in [-0.1, -0.05) is 19.1 Å². The van der Waals surface area contributed by atoms with Gasteiger partial charge < -0.3 is 20.3 Å². The van der Waals surface area contributed by atoms with E-state index in [-0.39, 0.29) is 0 Å². The maximum absolute atomic E-state index is 5.27. The van der Waals surface area contributed by atoms with Gasteiger partial charge in [-0.25, -0.2) is 4.99 Å². The molecule has 1 heterocycles. The number of benzene rings is 1. The zero-order chi connectivity index (χ0) is 17.2. The molecule has 0 radical (unpaired) electrons. The summed E-state index contributed by atoms with van der Waals surface area (Å²) >= 11 is 0. The van der Waals surface area contributed by atoms with Gasteiger partial charge in [0.25, 0.3) is 0 Å². The molecule has 0 spiro atoms. The number of piperidine rings is 1. The molecule has 1 aromatic rings. The van der Waals surface area contributed by atoms with Gasteiger partial charge in [-0.15, -0.1) is 0 Å². The first kappa shape index (κ1) is 18.6. The highest BCUT2D eigenvalue weighted by atomic mass is 16.5. The summed E-state index contributed by atoms with van der Waals surface area (Å²) in [5.74, 6) is 2.48. The molecule has 5 heteroatoms. The summed E-state index contributed by atoms with van der Waals surface area (Å²) in [6.45, 7) is 10.4. The Labute approximate surface area is 146 Å². The number of ether oxygens (including phenoxy) is 1. The number of hydrogen-bond donors (Lipinski definition) is 2. The van der Waals surface area contributed by atoms with Crippen molar-refractivity contribution in [1.29, 1.82) is 0 Å². The quantitative estimate of drug-likeness (QED) is 0.595. The maximum atomic E-state index is 5.27. The average molecular weight is 332 g/mol. The van der Waals surface area contributed by atoms with Crippen LogP contribution in [0.15, 0.2) is 29.3 Å². The van der Waals surface area contributed by atoms with E-state index in [1.165, 1.54) is 25.9 Å². The number of likely N-dealkylation sites (tertiary alicyclic amines) is 1. The van der Waals surface area contributed by atoms with Crippen molar-refractivity contribution >= 4 is 5.96 Å². The third-order valence-corrected chi connectivity index (χ3v) is 4.51. The van der Waals surface area contributed by atoms with Crippen molar-refractivity contribution in [1.82, 2.24) is 15.5 Å². The molecule has 2 rings (SSSR count). The molecule has 1 saturated heterocycles. The topological polar surface area (TPSA) is 48.9 Å². The molecule has 0 aliphatic carbocycles. The molecule has 1 atom stereocenters. The molecule has 1 unspecified atom stereocenters. The molecule has 2 N–H and O–H groups in total. The lowest BCUT2D eigenvalue weighted by atomic mass is 9.98. The summed E-state index contributed by atoms with van der Waals surface area (Å²) in [5.41, 5.74) is 1.15. The van der Waals surface area contributed by atoms with Crippen LogP contribution in [0.2, 0.25) is 0 Å². The SMILES string of the molecule is CCNC(=NCc1cccc(OC)c1)NCC1CCCN(CC)C1. The van der Waals surface area contributed by atoms with Gasteiger partial charge in [0.2, 0.25) is 0 Å². The molecule has 1 aromatic carbocycles. The van der Waals surface area contributed by atoms with E-state index < -0.39 is 0 Å². The molecule has 0 amide bonds. The van der Waals surface area contributed by atoms with Crippen LogP contribution in [0.1, 0.15) is 32.3 Å². The summed E-state index contributed by atoms with van der Waals surface area (Å²) in [6.07, 6.45) is 2.61. The fourth-order valence-corrected chi connectivity index (χ4v) is 3.13. The standard InChI is InChI=1S/C19H32N4O/c1-4-20-19(21-13-16-8-6-10-18(12-16)24-3)22-14-17-9-7-11-23(5-2)15-17/h6,8,10,12,17H,4-5,7,9,11,13-15H2,1-3H3,(H2,20,21,22). The molecule has 1 aliphatic heterocycles. The number of aliphatic imine (C=N–C) groups is 1. The molecular formula is C19H32N4O. The fraction of sp³-hybridized carbons (Fsp3) is 0.632. The van der Waals surface area contributed by atoms with Crippen LogP contribution in [0.5, 0.6) is 5.75 Å². The minimum absolute atomic E-state index is 0.651. The van der Waals surface area contributed by atoms with E-state index in [0.29, 0.717) is 12.5 Å². The van der Waals surface area contributed by atoms with Gasteiger partial charge >= 0.3 is 0 Å². The van der Waals surface area contributed by atoms with Gasteiger partial charge in [0, 0.05) is 19.6 Å². The first-order chi connectivity index (χ1) is 11.7. The predicted octanol–water partition coefficient (Wildman–Crippen LogP) is 2.48. The van der Waals surface area contributed by atoms with Crippen molar-refractivity contribution in [2.75, 3.05) is 39.8 Å². The Morgan fingerprint density at radius 3 is 2.96 bits per heavy atom. The third-order valence-electron chi connectivity index (χ3n) is 4.51. The van der Waals surface area contributed by atoms with E-state index in [2.05, 4.69) is 35.4 Å². The molecule has 134 valence electrons. The second-order valence-corrected chi connectivity index (χ2v) is 6.33. The predicted molar refractivity (Wildman–Crippen MR) is 101 cm³/mol. The second kappa shape index (κ2) is 10.2. The first-order valence-corrected chi connectivity index (χ1v) is 9.12. The highest BCUT2D eigenvalue weighted by Crippen LogP contribution is 2.15. The fourth-order valence-electron chi connectivity index (χ4n) is 3.13. The van der Waals surface area contributed by atoms with Gasteiger partial charge in [0.05, 0.1) is 13.7 Å². The van der Waals surface area contributed by atoms with E-state index in [4.69, 9.17) is 9.73 Å². The molecule has 1 fully saturated rings. The highest BCUT2D eigenvalue weighted by Gasteiger charge is 2.18. The average Bonchev–Trinajstić information content (AvgIpc) is 2.64. The zero-order valence-electron chi connectivity index (χ0n) is 15.3. The van der Waals surface area contributed by atoms with Gasteiger partial charge in [-0.3, -0.25) is 0 Å². The van der Waals surface area contributed by atoms with Gasteiger partial charge in [0.1, 0.15) is 5.75 Å². The third kappa shape index (κ3) is 6.04. The number of methoxy groups -OCH3 is 1. The van der Waals surface area contributed by atoms with Crippen LogP contribution in [0.25, 0.3) is 0 Å². The van der Waals surface area contributed by atoms with Crippen molar-refractivity contribution in [2.45, 2.75) is 33.2 Å². The Hall–Kier alpha value is -1.75. The Kier molecular flexibility index (Phi) is 7.89. The lowest BCUT2D eigenvalue weighted by molar-refractivity contribution is 0.183. The maximum Gasteiger partial charge on any atom is 0.191 e. The van der Waals surface area contributed by atoms with E-state index in [1.807, 2.05) is 18.2 Å². The van der Waals surface area contributed by atoms with Crippen LogP contribution in [0.4, 0.5) is 0 Å². The van der Waals surface area contributed by atoms with Gasteiger partial charge in [0.15, 0.2) is 5.96 Å². The van der Waals surface area contributed by atoms with Crippen LogP contribution < -0.4 is 15.4 Å². The Bertz CT molecular complexity index is 518. The summed E-state index contributed by atoms with van der Waals surface area (Å²) < 4.78 is 5.27. The Morgan fingerprint density at radius 1 is 1.33 bits per heavy atom. The van der Waals surface area contributed by atoms with Gasteiger partial charge in [-0.2, -0.15) is 0 Å². The molecule has 5 nitrogen and oxygen atoms in total. The summed E-state index contributed by atoms with van der Waals surface area (Å²) in [5, 5.41) is 6.86. The number of nitrogens with one attached hydrogen (secondary N) is 2. The minimum Gasteiger partial charge on any atom is -0.497 e. The van der Waals surface area contributed by atoms with Crippen molar-refractivity contribution < 1.29 is 4.74 Å². The van der Waals surface area contributed by atoms with Crippen LogP contribution >= 0.6 is 0 Å².